The number of rotatable bonds is 5. The molecule has 0 spiro atoms. The predicted molar refractivity (Wildman–Crippen MR) is 61.0 cm³/mol. The second-order valence-corrected chi connectivity index (χ2v) is 3.60. The first-order valence-electron chi connectivity index (χ1n) is 5.27. The van der Waals surface area contributed by atoms with Gasteiger partial charge in [0.05, 0.1) is 24.5 Å². The van der Waals surface area contributed by atoms with Crippen LogP contribution in [-0.4, -0.2) is 38.2 Å². The standard InChI is InChI=1S/C11H12N4O3/c1-18-7-9-10(11(16)17)13-14-15(9)6-8-4-2-3-5-12-8/h2-5H,6-7H2,1H3,(H,16,17). The van der Waals surface area contributed by atoms with Gasteiger partial charge in [0, 0.05) is 13.3 Å². The van der Waals surface area contributed by atoms with Gasteiger partial charge in [-0.15, -0.1) is 5.10 Å². The van der Waals surface area contributed by atoms with Crippen molar-refractivity contribution in [3.63, 3.8) is 0 Å². The van der Waals surface area contributed by atoms with E-state index in [-0.39, 0.29) is 12.3 Å². The van der Waals surface area contributed by atoms with Gasteiger partial charge in [-0.3, -0.25) is 4.98 Å². The van der Waals surface area contributed by atoms with Crippen molar-refractivity contribution < 1.29 is 14.6 Å². The molecule has 1 N–H and O–H groups in total. The van der Waals surface area contributed by atoms with Gasteiger partial charge in [-0.1, -0.05) is 11.3 Å². The van der Waals surface area contributed by atoms with E-state index in [1.165, 1.54) is 11.8 Å². The van der Waals surface area contributed by atoms with Crippen LogP contribution in [0.15, 0.2) is 24.4 Å². The third-order valence-electron chi connectivity index (χ3n) is 2.36. The summed E-state index contributed by atoms with van der Waals surface area (Å²) in [5.41, 5.74) is 1.11. The highest BCUT2D eigenvalue weighted by Crippen LogP contribution is 2.09. The molecule has 0 aliphatic heterocycles. The Hall–Kier alpha value is -2.28. The number of carboxylic acids is 1. The van der Waals surface area contributed by atoms with E-state index in [0.29, 0.717) is 12.2 Å². The maximum absolute atomic E-state index is 11.0. The number of pyridine rings is 1. The van der Waals surface area contributed by atoms with Crippen molar-refractivity contribution in [2.24, 2.45) is 0 Å². The summed E-state index contributed by atoms with van der Waals surface area (Å²) in [5, 5.41) is 16.4. The summed E-state index contributed by atoms with van der Waals surface area (Å²) in [6.45, 7) is 0.501. The van der Waals surface area contributed by atoms with E-state index in [1.807, 2.05) is 18.2 Å². The fraction of sp³-hybridized carbons (Fsp3) is 0.273. The van der Waals surface area contributed by atoms with Crippen LogP contribution in [0.25, 0.3) is 0 Å². The van der Waals surface area contributed by atoms with Crippen LogP contribution in [0.1, 0.15) is 21.9 Å². The molecule has 2 heterocycles. The molecule has 0 aliphatic rings. The Morgan fingerprint density at radius 2 is 2.33 bits per heavy atom. The van der Waals surface area contributed by atoms with Crippen molar-refractivity contribution in [1.82, 2.24) is 20.0 Å². The van der Waals surface area contributed by atoms with Gasteiger partial charge in [-0.2, -0.15) is 0 Å². The van der Waals surface area contributed by atoms with Crippen LogP contribution >= 0.6 is 0 Å². The summed E-state index contributed by atoms with van der Waals surface area (Å²) in [7, 11) is 1.49. The van der Waals surface area contributed by atoms with Gasteiger partial charge in [-0.05, 0) is 12.1 Å². The maximum Gasteiger partial charge on any atom is 0.358 e. The second-order valence-electron chi connectivity index (χ2n) is 3.60. The highest BCUT2D eigenvalue weighted by Gasteiger charge is 2.18. The Morgan fingerprint density at radius 1 is 1.50 bits per heavy atom. The molecule has 2 aromatic heterocycles. The monoisotopic (exact) mass is 248 g/mol. The molecule has 94 valence electrons. The minimum atomic E-state index is -1.12. The third kappa shape index (κ3) is 2.51. The SMILES string of the molecule is COCc1c(C(=O)O)nnn1Cc1ccccn1. The zero-order valence-electron chi connectivity index (χ0n) is 9.78. The zero-order chi connectivity index (χ0) is 13.0. The molecule has 2 rings (SSSR count). The molecule has 0 bridgehead atoms. The molecule has 0 atom stereocenters. The maximum atomic E-state index is 11.0. The summed E-state index contributed by atoms with van der Waals surface area (Å²) in [6.07, 6.45) is 1.67. The lowest BCUT2D eigenvalue weighted by atomic mass is 10.3. The van der Waals surface area contributed by atoms with Crippen molar-refractivity contribution in [2.75, 3.05) is 7.11 Å². The minimum absolute atomic E-state index is 0.0900. The fourth-order valence-electron chi connectivity index (χ4n) is 1.55. The number of aromatic nitrogens is 4. The Kier molecular flexibility index (Phi) is 3.63. The van der Waals surface area contributed by atoms with E-state index in [1.54, 1.807) is 6.20 Å². The van der Waals surface area contributed by atoms with Gasteiger partial charge in [0.1, 0.15) is 0 Å². The quantitative estimate of drug-likeness (QED) is 0.831. The van der Waals surface area contributed by atoms with Crippen molar-refractivity contribution in [3.05, 3.63) is 41.5 Å². The first-order valence-corrected chi connectivity index (χ1v) is 5.27. The summed E-state index contributed by atoms with van der Waals surface area (Å²) < 4.78 is 6.45. The lowest BCUT2D eigenvalue weighted by Gasteiger charge is -2.05. The van der Waals surface area contributed by atoms with E-state index in [4.69, 9.17) is 9.84 Å². The summed E-state index contributed by atoms with van der Waals surface area (Å²) in [6, 6.07) is 5.50. The zero-order valence-corrected chi connectivity index (χ0v) is 9.78. The summed E-state index contributed by atoms with van der Waals surface area (Å²) in [4.78, 5) is 15.1. The molecule has 7 heteroatoms. The average molecular weight is 248 g/mol. The van der Waals surface area contributed by atoms with Crippen LogP contribution in [0.2, 0.25) is 0 Å². The minimum Gasteiger partial charge on any atom is -0.476 e. The van der Waals surface area contributed by atoms with Gasteiger partial charge >= 0.3 is 5.97 Å². The van der Waals surface area contributed by atoms with Gasteiger partial charge in [0.15, 0.2) is 5.69 Å². The molecule has 0 saturated heterocycles. The predicted octanol–water partition coefficient (Wildman–Crippen LogP) is 0.566. The van der Waals surface area contributed by atoms with Crippen molar-refractivity contribution in [3.8, 4) is 0 Å². The molecular formula is C11H12N4O3. The van der Waals surface area contributed by atoms with Gasteiger partial charge in [-0.25, -0.2) is 9.48 Å². The molecule has 0 fully saturated rings. The number of methoxy groups -OCH3 is 1. The van der Waals surface area contributed by atoms with Gasteiger partial charge < -0.3 is 9.84 Å². The second kappa shape index (κ2) is 5.37. The summed E-state index contributed by atoms with van der Waals surface area (Å²) in [5.74, 6) is -1.12. The number of carbonyl (C=O) groups is 1. The molecule has 0 saturated carbocycles. The highest BCUT2D eigenvalue weighted by molar-refractivity contribution is 5.86. The molecule has 7 nitrogen and oxygen atoms in total. The largest absolute Gasteiger partial charge is 0.476 e. The lowest BCUT2D eigenvalue weighted by Crippen LogP contribution is -2.11. The number of carboxylic acid groups (broad SMARTS) is 1. The first kappa shape index (κ1) is 12.2. The van der Waals surface area contributed by atoms with E-state index >= 15 is 0 Å². The smallest absolute Gasteiger partial charge is 0.358 e. The van der Waals surface area contributed by atoms with Crippen molar-refractivity contribution in [2.45, 2.75) is 13.2 Å². The van der Waals surface area contributed by atoms with Crippen LogP contribution in [0.4, 0.5) is 0 Å². The van der Waals surface area contributed by atoms with E-state index < -0.39 is 5.97 Å². The van der Waals surface area contributed by atoms with Crippen LogP contribution in [-0.2, 0) is 17.9 Å². The molecule has 2 aromatic rings. The number of hydrogen-bond donors (Lipinski definition) is 1. The Balaban J connectivity index is 2.30. The van der Waals surface area contributed by atoms with Crippen molar-refractivity contribution in [1.29, 1.82) is 0 Å². The molecule has 0 unspecified atom stereocenters. The molecule has 0 aliphatic carbocycles. The van der Waals surface area contributed by atoms with Gasteiger partial charge in [0.25, 0.3) is 0 Å². The third-order valence-corrected chi connectivity index (χ3v) is 2.36. The lowest BCUT2D eigenvalue weighted by molar-refractivity contribution is 0.0684. The number of aromatic carboxylic acids is 1. The Morgan fingerprint density at radius 3 is 2.94 bits per heavy atom. The van der Waals surface area contributed by atoms with Crippen LogP contribution < -0.4 is 0 Å². The number of ether oxygens (including phenoxy) is 1. The first-order chi connectivity index (χ1) is 8.72. The molecule has 0 amide bonds. The topological polar surface area (TPSA) is 90.1 Å². The number of hydrogen-bond acceptors (Lipinski definition) is 5. The van der Waals surface area contributed by atoms with Crippen LogP contribution in [0.5, 0.6) is 0 Å². The number of nitrogens with zero attached hydrogens (tertiary/aromatic N) is 4. The van der Waals surface area contributed by atoms with E-state index in [2.05, 4.69) is 15.3 Å². The Bertz CT molecular complexity index is 538. The molecule has 18 heavy (non-hydrogen) atoms. The van der Waals surface area contributed by atoms with Gasteiger partial charge in [0.2, 0.25) is 0 Å². The molecular weight excluding hydrogens is 236 g/mol. The van der Waals surface area contributed by atoms with E-state index in [9.17, 15) is 4.79 Å². The Labute approximate surface area is 103 Å². The highest BCUT2D eigenvalue weighted by atomic mass is 16.5. The molecule has 0 radical (unpaired) electrons. The van der Waals surface area contributed by atoms with Crippen LogP contribution in [0.3, 0.4) is 0 Å². The van der Waals surface area contributed by atoms with Crippen LogP contribution in [0, 0.1) is 0 Å². The molecule has 0 aromatic carbocycles. The summed E-state index contributed by atoms with van der Waals surface area (Å²) >= 11 is 0. The normalized spacial score (nSPS) is 10.5. The van der Waals surface area contributed by atoms with Crippen molar-refractivity contribution >= 4 is 5.97 Å². The van der Waals surface area contributed by atoms with E-state index in [0.717, 1.165) is 5.69 Å². The fourth-order valence-corrected chi connectivity index (χ4v) is 1.55. The average Bonchev–Trinajstić information content (AvgIpc) is 2.74.